The molecule has 0 aliphatic carbocycles. The summed E-state index contributed by atoms with van der Waals surface area (Å²) in [5.74, 6) is -1.25. The van der Waals surface area contributed by atoms with E-state index in [-0.39, 0.29) is 17.0 Å². The summed E-state index contributed by atoms with van der Waals surface area (Å²) < 4.78 is 19.9. The van der Waals surface area contributed by atoms with Crippen LogP contribution in [0.25, 0.3) is 0 Å². The monoisotopic (exact) mass is 349 g/mol. The van der Waals surface area contributed by atoms with Crippen molar-refractivity contribution >= 4 is 17.8 Å². The van der Waals surface area contributed by atoms with Gasteiger partial charge in [0.2, 0.25) is 5.95 Å². The smallest absolute Gasteiger partial charge is 0.311 e. The number of nitrogens with zero attached hydrogens (tertiary/aromatic N) is 4. The van der Waals surface area contributed by atoms with Crippen LogP contribution in [0.2, 0.25) is 0 Å². The van der Waals surface area contributed by atoms with Crippen LogP contribution in [0, 0.1) is 29.9 Å². The molecule has 2 aromatic rings. The van der Waals surface area contributed by atoms with E-state index in [1.54, 1.807) is 19.9 Å². The first-order valence-corrected chi connectivity index (χ1v) is 7.18. The number of halogens is 1. The molecule has 1 N–H and O–H groups in total. The summed E-state index contributed by atoms with van der Waals surface area (Å²) in [5.41, 5.74) is 3.19. The second kappa shape index (κ2) is 7.51. The van der Waals surface area contributed by atoms with Crippen LogP contribution >= 0.6 is 0 Å². The van der Waals surface area contributed by atoms with Crippen LogP contribution in [0.1, 0.15) is 16.8 Å². The zero-order chi connectivity index (χ0) is 18.6. The van der Waals surface area contributed by atoms with Crippen molar-refractivity contribution in [3.8, 4) is 5.75 Å². The Balaban J connectivity index is 1.95. The lowest BCUT2D eigenvalue weighted by Crippen LogP contribution is -2.24. The molecule has 1 aromatic heterocycles. The van der Waals surface area contributed by atoms with Gasteiger partial charge in [-0.2, -0.15) is 14.6 Å². The van der Waals surface area contributed by atoms with Gasteiger partial charge in [0, 0.05) is 13.1 Å². The number of amides is 1. The van der Waals surface area contributed by atoms with Gasteiger partial charge in [-0.25, -0.2) is 10.1 Å². The van der Waals surface area contributed by atoms with E-state index in [1.807, 2.05) is 0 Å². The molecule has 0 atom stereocenters. The predicted molar refractivity (Wildman–Crippen MR) is 87.0 cm³/mol. The van der Waals surface area contributed by atoms with Gasteiger partial charge in [-0.1, -0.05) is 6.07 Å². The minimum atomic E-state index is -0.645. The molecule has 1 heterocycles. The molecule has 0 saturated carbocycles. The average molecular weight is 349 g/mol. The van der Waals surface area contributed by atoms with Crippen molar-refractivity contribution in [3.63, 3.8) is 0 Å². The number of hydrazone groups is 1. The number of carbonyl (C=O) groups is 1. The third kappa shape index (κ3) is 4.37. The van der Waals surface area contributed by atoms with Crippen LogP contribution < -0.4 is 10.2 Å². The molecule has 132 valence electrons. The first-order chi connectivity index (χ1) is 11.8. The number of nitro groups is 1. The van der Waals surface area contributed by atoms with Gasteiger partial charge in [-0.3, -0.25) is 14.9 Å². The Morgan fingerprint density at radius 1 is 1.52 bits per heavy atom. The van der Waals surface area contributed by atoms with Crippen molar-refractivity contribution in [3.05, 3.63) is 51.1 Å². The number of hydrogen-bond donors (Lipinski definition) is 1. The van der Waals surface area contributed by atoms with Crippen LogP contribution in [0.4, 0.5) is 10.1 Å². The van der Waals surface area contributed by atoms with Gasteiger partial charge < -0.3 is 4.74 Å². The van der Waals surface area contributed by atoms with Gasteiger partial charge in [-0.15, -0.1) is 0 Å². The zero-order valence-electron chi connectivity index (χ0n) is 13.8. The van der Waals surface area contributed by atoms with E-state index in [9.17, 15) is 19.3 Å². The minimum Gasteiger partial charge on any atom is -0.477 e. The Morgan fingerprint density at radius 3 is 2.84 bits per heavy atom. The zero-order valence-corrected chi connectivity index (χ0v) is 13.8. The molecule has 1 aromatic carbocycles. The molecule has 2 rings (SSSR count). The number of rotatable bonds is 6. The van der Waals surface area contributed by atoms with Gasteiger partial charge in [0.05, 0.1) is 22.4 Å². The van der Waals surface area contributed by atoms with E-state index in [0.29, 0.717) is 11.3 Å². The summed E-state index contributed by atoms with van der Waals surface area (Å²) in [6.07, 6.45) is 1.13. The third-order valence-electron chi connectivity index (χ3n) is 3.25. The molecule has 0 bridgehead atoms. The Labute approximate surface area is 142 Å². The van der Waals surface area contributed by atoms with Crippen molar-refractivity contribution in [1.29, 1.82) is 0 Å². The van der Waals surface area contributed by atoms with Crippen molar-refractivity contribution in [2.24, 2.45) is 12.1 Å². The van der Waals surface area contributed by atoms with Crippen molar-refractivity contribution in [1.82, 2.24) is 15.2 Å². The Morgan fingerprint density at radius 2 is 2.24 bits per heavy atom. The fourth-order valence-corrected chi connectivity index (χ4v) is 2.03. The van der Waals surface area contributed by atoms with E-state index in [4.69, 9.17) is 4.74 Å². The molecule has 0 saturated heterocycles. The molecule has 10 heteroatoms. The SMILES string of the molecule is Cc1ccc(OCC(=O)N/N=C\c2c(C)nn(C)c2F)c([N+](=O)[O-])c1. The summed E-state index contributed by atoms with van der Waals surface area (Å²) in [4.78, 5) is 22.1. The highest BCUT2D eigenvalue weighted by Crippen LogP contribution is 2.27. The molecule has 0 aliphatic heterocycles. The van der Waals surface area contributed by atoms with Gasteiger partial charge in [0.1, 0.15) is 0 Å². The third-order valence-corrected chi connectivity index (χ3v) is 3.25. The molecule has 0 unspecified atom stereocenters. The van der Waals surface area contributed by atoms with Crippen molar-refractivity contribution in [2.75, 3.05) is 6.61 Å². The Bertz CT molecular complexity index is 847. The normalized spacial score (nSPS) is 10.9. The molecule has 25 heavy (non-hydrogen) atoms. The largest absolute Gasteiger partial charge is 0.477 e. The van der Waals surface area contributed by atoms with E-state index in [2.05, 4.69) is 15.6 Å². The van der Waals surface area contributed by atoms with Crippen molar-refractivity contribution in [2.45, 2.75) is 13.8 Å². The molecular formula is C15H16FN5O4. The number of hydrogen-bond acceptors (Lipinski definition) is 6. The highest BCUT2D eigenvalue weighted by molar-refractivity contribution is 5.83. The molecule has 1 amide bonds. The van der Waals surface area contributed by atoms with Gasteiger partial charge >= 0.3 is 5.69 Å². The predicted octanol–water partition coefficient (Wildman–Crippen LogP) is 1.61. The number of nitrogens with one attached hydrogen (secondary N) is 1. The van der Waals surface area contributed by atoms with Crippen LogP contribution in [0.5, 0.6) is 5.75 Å². The fraction of sp³-hybridized carbons (Fsp3) is 0.267. The lowest BCUT2D eigenvalue weighted by Gasteiger charge is -2.06. The summed E-state index contributed by atoms with van der Waals surface area (Å²) >= 11 is 0. The molecular weight excluding hydrogens is 333 g/mol. The number of ether oxygens (including phenoxy) is 1. The van der Waals surface area contributed by atoms with Crippen LogP contribution in [0.15, 0.2) is 23.3 Å². The van der Waals surface area contributed by atoms with E-state index in [1.165, 1.54) is 19.2 Å². The Kier molecular flexibility index (Phi) is 5.42. The highest BCUT2D eigenvalue weighted by atomic mass is 19.1. The lowest BCUT2D eigenvalue weighted by atomic mass is 10.2. The van der Waals surface area contributed by atoms with Gasteiger partial charge in [0.15, 0.2) is 12.4 Å². The fourth-order valence-electron chi connectivity index (χ4n) is 2.03. The van der Waals surface area contributed by atoms with E-state index in [0.717, 1.165) is 10.9 Å². The summed E-state index contributed by atoms with van der Waals surface area (Å²) in [7, 11) is 1.45. The standard InChI is InChI=1S/C15H16FN5O4/c1-9-4-5-13(12(6-9)21(23)24)25-8-14(22)18-17-7-11-10(2)19-20(3)15(11)16/h4-7H,8H2,1-3H3,(H,18,22)/b17-7-. The van der Waals surface area contributed by atoms with Gasteiger partial charge in [0.25, 0.3) is 5.91 Å². The van der Waals surface area contributed by atoms with Crippen molar-refractivity contribution < 1.29 is 18.8 Å². The average Bonchev–Trinajstić information content (AvgIpc) is 2.79. The maximum Gasteiger partial charge on any atom is 0.311 e. The molecule has 0 aliphatic rings. The number of benzene rings is 1. The number of carbonyl (C=O) groups excluding carboxylic acids is 1. The molecule has 0 spiro atoms. The maximum atomic E-state index is 13.7. The first-order valence-electron chi connectivity index (χ1n) is 7.18. The number of aromatic nitrogens is 2. The second-order valence-electron chi connectivity index (χ2n) is 5.22. The van der Waals surface area contributed by atoms with Gasteiger partial charge in [-0.05, 0) is 25.5 Å². The van der Waals surface area contributed by atoms with Crippen LogP contribution in [0.3, 0.4) is 0 Å². The van der Waals surface area contributed by atoms with E-state index >= 15 is 0 Å². The summed E-state index contributed by atoms with van der Waals surface area (Å²) in [5, 5.41) is 18.5. The second-order valence-corrected chi connectivity index (χ2v) is 5.22. The first kappa shape index (κ1) is 18.0. The highest BCUT2D eigenvalue weighted by Gasteiger charge is 2.16. The van der Waals surface area contributed by atoms with Crippen LogP contribution in [-0.4, -0.2) is 33.4 Å². The number of nitro benzene ring substituents is 1. The topological polar surface area (TPSA) is 112 Å². The van der Waals surface area contributed by atoms with E-state index < -0.39 is 23.4 Å². The quantitative estimate of drug-likeness (QED) is 0.484. The summed E-state index contributed by atoms with van der Waals surface area (Å²) in [6, 6.07) is 4.39. The maximum absolute atomic E-state index is 13.7. The Hall–Kier alpha value is -3.30. The molecule has 9 nitrogen and oxygen atoms in total. The molecule has 0 fully saturated rings. The number of aryl methyl sites for hydroxylation is 3. The minimum absolute atomic E-state index is 0.0242. The lowest BCUT2D eigenvalue weighted by molar-refractivity contribution is -0.385. The molecule has 0 radical (unpaired) electrons. The summed E-state index contributed by atoms with van der Waals surface area (Å²) in [6.45, 7) is 2.83. The van der Waals surface area contributed by atoms with Crippen LogP contribution in [-0.2, 0) is 11.8 Å².